The van der Waals surface area contributed by atoms with Gasteiger partial charge < -0.3 is 19.9 Å². The summed E-state index contributed by atoms with van der Waals surface area (Å²) in [6, 6.07) is 0.784. The Balaban J connectivity index is 0.00000288. The molecule has 2 rings (SSSR count). The lowest BCUT2D eigenvalue weighted by atomic mass is 10.0. The quantitative estimate of drug-likeness (QED) is 0.279. The van der Waals surface area contributed by atoms with Crippen LogP contribution in [0.3, 0.4) is 0 Å². The van der Waals surface area contributed by atoms with Gasteiger partial charge in [0.1, 0.15) is 0 Å². The van der Waals surface area contributed by atoms with E-state index in [0.29, 0.717) is 5.92 Å². The first-order valence-electron chi connectivity index (χ1n) is 9.43. The Morgan fingerprint density at radius 1 is 1.21 bits per heavy atom. The third kappa shape index (κ3) is 7.04. The number of nitrogens with one attached hydrogen (secondary N) is 1. The number of ether oxygens (including phenoxy) is 1. The molecule has 2 unspecified atom stereocenters. The Kier molecular flexibility index (Phi) is 11.3. The van der Waals surface area contributed by atoms with Crippen molar-refractivity contribution in [3.63, 3.8) is 0 Å². The summed E-state index contributed by atoms with van der Waals surface area (Å²) in [6.45, 7) is 8.98. The van der Waals surface area contributed by atoms with E-state index >= 15 is 0 Å². The van der Waals surface area contributed by atoms with Gasteiger partial charge in [0.25, 0.3) is 0 Å². The molecule has 1 N–H and O–H groups in total. The van der Waals surface area contributed by atoms with E-state index in [2.05, 4.69) is 27.0 Å². The number of rotatable bonds is 7. The van der Waals surface area contributed by atoms with Gasteiger partial charge in [-0.25, -0.2) is 0 Å². The maximum Gasteiger partial charge on any atom is 0.193 e. The summed E-state index contributed by atoms with van der Waals surface area (Å²) in [7, 11) is 3.68. The van der Waals surface area contributed by atoms with Crippen LogP contribution in [0, 0.1) is 5.92 Å². The second-order valence-corrected chi connectivity index (χ2v) is 7.12. The van der Waals surface area contributed by atoms with E-state index < -0.39 is 0 Å². The minimum Gasteiger partial charge on any atom is -0.384 e. The third-order valence-corrected chi connectivity index (χ3v) is 5.30. The standard InChI is InChI=1S/C18H36N4O.HI/c1-16-8-4-6-11-21(16)12-7-5-10-20-18(19-2)22-13-9-17(14-22)15-23-3;/h16-17H,4-15H2,1-3H3,(H,19,20);1H. The van der Waals surface area contributed by atoms with Gasteiger partial charge in [-0.05, 0) is 52.1 Å². The molecule has 24 heavy (non-hydrogen) atoms. The first-order valence-corrected chi connectivity index (χ1v) is 9.43. The van der Waals surface area contributed by atoms with Gasteiger partial charge in [0.2, 0.25) is 0 Å². The molecule has 2 atom stereocenters. The van der Waals surface area contributed by atoms with Crippen LogP contribution in [0.1, 0.15) is 45.4 Å². The Labute approximate surface area is 165 Å². The number of likely N-dealkylation sites (tertiary alicyclic amines) is 2. The second kappa shape index (κ2) is 12.3. The summed E-state index contributed by atoms with van der Waals surface area (Å²) in [5.41, 5.74) is 0. The van der Waals surface area contributed by atoms with Crippen molar-refractivity contribution in [2.45, 2.75) is 51.5 Å². The predicted molar refractivity (Wildman–Crippen MR) is 112 cm³/mol. The highest BCUT2D eigenvalue weighted by Gasteiger charge is 2.24. The zero-order valence-corrected chi connectivity index (χ0v) is 18.1. The van der Waals surface area contributed by atoms with Crippen LogP contribution in [0.25, 0.3) is 0 Å². The van der Waals surface area contributed by atoms with Crippen molar-refractivity contribution in [2.75, 3.05) is 53.5 Å². The van der Waals surface area contributed by atoms with Crippen molar-refractivity contribution in [3.8, 4) is 0 Å². The van der Waals surface area contributed by atoms with Crippen LogP contribution in [0.2, 0.25) is 0 Å². The number of halogens is 1. The van der Waals surface area contributed by atoms with Gasteiger partial charge in [0, 0.05) is 45.8 Å². The van der Waals surface area contributed by atoms with Gasteiger partial charge in [0.15, 0.2) is 5.96 Å². The van der Waals surface area contributed by atoms with Gasteiger partial charge >= 0.3 is 0 Å². The molecule has 2 aliphatic rings. The summed E-state index contributed by atoms with van der Waals surface area (Å²) in [5, 5.41) is 3.54. The molecule has 2 fully saturated rings. The largest absolute Gasteiger partial charge is 0.384 e. The Morgan fingerprint density at radius 2 is 2.04 bits per heavy atom. The van der Waals surface area contributed by atoms with Crippen molar-refractivity contribution in [1.82, 2.24) is 15.1 Å². The zero-order chi connectivity index (χ0) is 16.5. The molecule has 0 spiro atoms. The van der Waals surface area contributed by atoms with Crippen molar-refractivity contribution < 1.29 is 4.74 Å². The van der Waals surface area contributed by atoms with E-state index in [-0.39, 0.29) is 24.0 Å². The van der Waals surface area contributed by atoms with E-state index in [9.17, 15) is 0 Å². The molecule has 0 aromatic rings. The van der Waals surface area contributed by atoms with Crippen LogP contribution in [0.15, 0.2) is 4.99 Å². The minimum atomic E-state index is 0. The summed E-state index contributed by atoms with van der Waals surface area (Å²) in [5.74, 6) is 1.72. The van der Waals surface area contributed by atoms with Crippen LogP contribution in [0.4, 0.5) is 0 Å². The summed E-state index contributed by atoms with van der Waals surface area (Å²) in [6.07, 6.45) is 7.88. The van der Waals surface area contributed by atoms with E-state index in [1.165, 1.54) is 51.6 Å². The Morgan fingerprint density at radius 3 is 2.75 bits per heavy atom. The van der Waals surface area contributed by atoms with Crippen molar-refractivity contribution in [1.29, 1.82) is 0 Å². The number of aliphatic imine (C=N–C) groups is 1. The molecule has 2 saturated heterocycles. The van der Waals surface area contributed by atoms with E-state index in [0.717, 1.165) is 38.2 Å². The minimum absolute atomic E-state index is 0. The molecule has 0 bridgehead atoms. The zero-order valence-electron chi connectivity index (χ0n) is 15.8. The molecule has 142 valence electrons. The van der Waals surface area contributed by atoms with Crippen molar-refractivity contribution >= 4 is 29.9 Å². The van der Waals surface area contributed by atoms with Crippen molar-refractivity contribution in [2.24, 2.45) is 10.9 Å². The molecule has 0 aliphatic carbocycles. The Bertz CT molecular complexity index is 367. The van der Waals surface area contributed by atoms with Crippen LogP contribution in [-0.2, 0) is 4.74 Å². The molecule has 0 amide bonds. The van der Waals surface area contributed by atoms with Gasteiger partial charge in [-0.2, -0.15) is 0 Å². The molecule has 5 nitrogen and oxygen atoms in total. The molecule has 2 aliphatic heterocycles. The topological polar surface area (TPSA) is 40.1 Å². The number of piperidine rings is 1. The maximum absolute atomic E-state index is 5.28. The molecule has 0 radical (unpaired) electrons. The lowest BCUT2D eigenvalue weighted by Gasteiger charge is -2.33. The Hall–Kier alpha value is -0.0800. The highest BCUT2D eigenvalue weighted by atomic mass is 127. The summed E-state index contributed by atoms with van der Waals surface area (Å²) < 4.78 is 5.28. The first kappa shape index (κ1) is 22.0. The van der Waals surface area contributed by atoms with Gasteiger partial charge in [0.05, 0.1) is 6.61 Å². The number of hydrogen-bond acceptors (Lipinski definition) is 3. The molecular formula is C18H37IN4O. The molecule has 2 heterocycles. The van der Waals surface area contributed by atoms with Gasteiger partial charge in [-0.1, -0.05) is 6.42 Å². The fourth-order valence-corrected chi connectivity index (χ4v) is 3.86. The fraction of sp³-hybridized carbons (Fsp3) is 0.944. The van der Waals surface area contributed by atoms with Crippen molar-refractivity contribution in [3.05, 3.63) is 0 Å². The maximum atomic E-state index is 5.28. The number of nitrogens with zero attached hydrogens (tertiary/aromatic N) is 3. The number of methoxy groups -OCH3 is 1. The predicted octanol–water partition coefficient (Wildman–Crippen LogP) is 2.80. The molecular weight excluding hydrogens is 415 g/mol. The van der Waals surface area contributed by atoms with E-state index in [1.807, 2.05) is 7.05 Å². The smallest absolute Gasteiger partial charge is 0.193 e. The average Bonchev–Trinajstić information content (AvgIpc) is 3.01. The second-order valence-electron chi connectivity index (χ2n) is 7.12. The molecule has 0 aromatic carbocycles. The molecule has 6 heteroatoms. The normalized spacial score (nSPS) is 25.6. The summed E-state index contributed by atoms with van der Waals surface area (Å²) >= 11 is 0. The lowest BCUT2D eigenvalue weighted by molar-refractivity contribution is 0.157. The SMILES string of the molecule is CN=C(NCCCCN1CCCCC1C)N1CCC(COC)C1.I. The fourth-order valence-electron chi connectivity index (χ4n) is 3.86. The first-order chi connectivity index (χ1) is 11.2. The number of hydrogen-bond donors (Lipinski definition) is 1. The monoisotopic (exact) mass is 452 g/mol. The van der Waals surface area contributed by atoms with Crippen LogP contribution < -0.4 is 5.32 Å². The third-order valence-electron chi connectivity index (χ3n) is 5.30. The molecule has 0 aromatic heterocycles. The highest BCUT2D eigenvalue weighted by molar-refractivity contribution is 14.0. The number of guanidine groups is 1. The van der Waals surface area contributed by atoms with E-state index in [4.69, 9.17) is 4.74 Å². The van der Waals surface area contributed by atoms with Crippen LogP contribution in [0.5, 0.6) is 0 Å². The molecule has 0 saturated carbocycles. The van der Waals surface area contributed by atoms with Gasteiger partial charge in [-0.3, -0.25) is 4.99 Å². The average molecular weight is 452 g/mol. The highest BCUT2D eigenvalue weighted by Crippen LogP contribution is 2.17. The summed E-state index contributed by atoms with van der Waals surface area (Å²) in [4.78, 5) is 9.48. The lowest BCUT2D eigenvalue weighted by Crippen LogP contribution is -2.41. The van der Waals surface area contributed by atoms with Crippen LogP contribution >= 0.6 is 24.0 Å². The van der Waals surface area contributed by atoms with E-state index in [1.54, 1.807) is 7.11 Å². The van der Waals surface area contributed by atoms with Gasteiger partial charge in [-0.15, -0.1) is 24.0 Å². The number of unbranched alkanes of at least 4 members (excludes halogenated alkanes) is 1. The van der Waals surface area contributed by atoms with Crippen LogP contribution in [-0.4, -0.2) is 75.3 Å².